The van der Waals surface area contributed by atoms with Crippen molar-refractivity contribution in [2.24, 2.45) is 5.92 Å². The fourth-order valence-electron chi connectivity index (χ4n) is 6.36. The van der Waals surface area contributed by atoms with Crippen LogP contribution in [0.2, 0.25) is 0 Å². The van der Waals surface area contributed by atoms with Crippen molar-refractivity contribution < 1.29 is 32.1 Å². The zero-order valence-electron chi connectivity index (χ0n) is 27.5. The quantitative estimate of drug-likeness (QED) is 0.202. The Morgan fingerprint density at radius 3 is 2.35 bits per heavy atom. The number of aryl methyl sites for hydroxylation is 1. The van der Waals surface area contributed by atoms with E-state index in [0.717, 1.165) is 53.2 Å². The predicted octanol–water partition coefficient (Wildman–Crippen LogP) is 5.40. The molecule has 0 saturated carbocycles. The van der Waals surface area contributed by atoms with E-state index in [2.05, 4.69) is 42.2 Å². The standard InChI is InChI=1S/C36H48N2O7S/c1-27-6-13-32(14-7-27)46(39,40)38-23-28(2)36(31-11-8-29(9-12-31)25-43-21-20-42-4)35(24-38)45-26-30-10-15-34-33(22-30)37(17-19-44-34)16-5-18-41-3/h6-15,22,28,35-36H,5,16-21,23-26H2,1-4H3/t28-,35+,36-/m1/s1. The normalized spacial score (nSPS) is 20.3. The average Bonchev–Trinajstić information content (AvgIpc) is 3.06. The molecule has 10 heteroatoms. The number of methoxy groups -OCH3 is 2. The number of hydrogen-bond acceptors (Lipinski definition) is 8. The number of ether oxygens (including phenoxy) is 5. The maximum absolute atomic E-state index is 13.8. The summed E-state index contributed by atoms with van der Waals surface area (Å²) in [5.41, 5.74) is 5.32. The molecule has 1 saturated heterocycles. The van der Waals surface area contributed by atoms with E-state index in [1.807, 2.05) is 31.2 Å². The van der Waals surface area contributed by atoms with Gasteiger partial charge in [0.25, 0.3) is 0 Å². The SMILES string of the molecule is COCCCN1CCOc2ccc(CO[C@H]3CN(S(=O)(=O)c4ccc(C)cc4)C[C@@H](C)[C@@H]3c3ccc(COCCOC)cc3)cc21. The molecule has 9 nitrogen and oxygen atoms in total. The number of rotatable bonds is 15. The van der Waals surface area contributed by atoms with Crippen LogP contribution in [0.25, 0.3) is 0 Å². The molecule has 0 aromatic heterocycles. The molecule has 5 rings (SSSR count). The van der Waals surface area contributed by atoms with Crippen molar-refractivity contribution in [2.45, 2.75) is 50.4 Å². The summed E-state index contributed by atoms with van der Waals surface area (Å²) in [6, 6.07) is 21.7. The monoisotopic (exact) mass is 652 g/mol. The number of benzene rings is 3. The van der Waals surface area contributed by atoms with E-state index in [-0.39, 0.29) is 24.5 Å². The van der Waals surface area contributed by atoms with E-state index >= 15 is 0 Å². The van der Waals surface area contributed by atoms with Gasteiger partial charge in [-0.25, -0.2) is 8.42 Å². The van der Waals surface area contributed by atoms with Gasteiger partial charge in [0.15, 0.2) is 0 Å². The van der Waals surface area contributed by atoms with Crippen molar-refractivity contribution in [3.63, 3.8) is 0 Å². The Morgan fingerprint density at radius 1 is 0.870 bits per heavy atom. The van der Waals surface area contributed by atoms with E-state index < -0.39 is 10.0 Å². The smallest absolute Gasteiger partial charge is 0.243 e. The summed E-state index contributed by atoms with van der Waals surface area (Å²) < 4.78 is 57.9. The molecule has 0 bridgehead atoms. The van der Waals surface area contributed by atoms with Crippen molar-refractivity contribution in [3.05, 3.63) is 89.0 Å². The minimum Gasteiger partial charge on any atom is -0.490 e. The van der Waals surface area contributed by atoms with Gasteiger partial charge >= 0.3 is 0 Å². The van der Waals surface area contributed by atoms with Gasteiger partial charge in [0.1, 0.15) is 12.4 Å². The molecule has 0 radical (unpaired) electrons. The third-order valence-electron chi connectivity index (χ3n) is 8.84. The van der Waals surface area contributed by atoms with E-state index in [4.69, 9.17) is 23.7 Å². The minimum absolute atomic E-state index is 0.0134. The van der Waals surface area contributed by atoms with Gasteiger partial charge in [-0.3, -0.25) is 0 Å². The van der Waals surface area contributed by atoms with Gasteiger partial charge in [-0.2, -0.15) is 4.31 Å². The van der Waals surface area contributed by atoms with Crippen LogP contribution in [0.15, 0.2) is 71.6 Å². The lowest BCUT2D eigenvalue weighted by Crippen LogP contribution is -2.50. The van der Waals surface area contributed by atoms with Crippen molar-refractivity contribution in [2.75, 3.05) is 71.7 Å². The molecule has 46 heavy (non-hydrogen) atoms. The Balaban J connectivity index is 1.37. The molecule has 0 amide bonds. The highest BCUT2D eigenvalue weighted by molar-refractivity contribution is 7.89. The lowest BCUT2D eigenvalue weighted by Gasteiger charge is -2.42. The summed E-state index contributed by atoms with van der Waals surface area (Å²) in [7, 11) is -0.307. The first kappa shape index (κ1) is 34.3. The Bertz CT molecular complexity index is 1500. The Morgan fingerprint density at radius 2 is 1.61 bits per heavy atom. The zero-order valence-corrected chi connectivity index (χ0v) is 28.3. The van der Waals surface area contributed by atoms with Crippen LogP contribution in [-0.2, 0) is 42.2 Å². The Kier molecular flexibility index (Phi) is 12.1. The van der Waals surface area contributed by atoms with Gasteiger partial charge in [0.2, 0.25) is 10.0 Å². The van der Waals surface area contributed by atoms with E-state index in [9.17, 15) is 8.42 Å². The molecule has 0 spiro atoms. The molecule has 0 aliphatic carbocycles. The van der Waals surface area contributed by atoms with Crippen LogP contribution in [0.5, 0.6) is 5.75 Å². The van der Waals surface area contributed by atoms with Crippen molar-refractivity contribution in [1.82, 2.24) is 4.31 Å². The molecule has 1 fully saturated rings. The van der Waals surface area contributed by atoms with E-state index in [1.54, 1.807) is 30.7 Å². The van der Waals surface area contributed by atoms with Crippen molar-refractivity contribution in [3.8, 4) is 5.75 Å². The zero-order chi connectivity index (χ0) is 32.5. The van der Waals surface area contributed by atoms with Gasteiger partial charge in [-0.1, -0.05) is 55.0 Å². The lowest BCUT2D eigenvalue weighted by molar-refractivity contribution is -0.0228. The maximum Gasteiger partial charge on any atom is 0.243 e. The van der Waals surface area contributed by atoms with Gasteiger partial charge < -0.3 is 28.6 Å². The van der Waals surface area contributed by atoms with Crippen LogP contribution in [0, 0.1) is 12.8 Å². The second kappa shape index (κ2) is 16.2. The highest BCUT2D eigenvalue weighted by atomic mass is 32.2. The van der Waals surface area contributed by atoms with Gasteiger partial charge in [0.05, 0.1) is 49.7 Å². The third-order valence-corrected chi connectivity index (χ3v) is 10.7. The van der Waals surface area contributed by atoms with Crippen LogP contribution >= 0.6 is 0 Å². The molecule has 2 aliphatic rings. The van der Waals surface area contributed by atoms with Crippen LogP contribution in [-0.4, -0.2) is 85.7 Å². The van der Waals surface area contributed by atoms with Crippen molar-refractivity contribution >= 4 is 15.7 Å². The first-order valence-corrected chi connectivity index (χ1v) is 17.6. The number of piperidine rings is 1. The van der Waals surface area contributed by atoms with Gasteiger partial charge in [-0.15, -0.1) is 0 Å². The second-order valence-electron chi connectivity index (χ2n) is 12.3. The lowest BCUT2D eigenvalue weighted by atomic mass is 9.80. The molecule has 2 heterocycles. The van der Waals surface area contributed by atoms with Crippen LogP contribution in [0.4, 0.5) is 5.69 Å². The topological polar surface area (TPSA) is 86.8 Å². The first-order chi connectivity index (χ1) is 22.3. The van der Waals surface area contributed by atoms with Crippen LogP contribution in [0.3, 0.4) is 0 Å². The summed E-state index contributed by atoms with van der Waals surface area (Å²) in [5.74, 6) is 0.911. The highest BCUT2D eigenvalue weighted by Crippen LogP contribution is 2.38. The Labute approximate surface area is 274 Å². The highest BCUT2D eigenvalue weighted by Gasteiger charge is 2.41. The van der Waals surface area contributed by atoms with Gasteiger partial charge in [-0.05, 0) is 60.2 Å². The predicted molar refractivity (Wildman–Crippen MR) is 179 cm³/mol. The molecule has 0 N–H and O–H groups in total. The molecular weight excluding hydrogens is 604 g/mol. The van der Waals surface area contributed by atoms with Gasteiger partial charge in [0, 0.05) is 46.4 Å². The molecule has 3 atom stereocenters. The molecule has 0 unspecified atom stereocenters. The molecular formula is C36H48N2O7S. The number of fused-ring (bicyclic) bond motifs is 1. The largest absolute Gasteiger partial charge is 0.490 e. The average molecular weight is 653 g/mol. The molecule has 2 aliphatic heterocycles. The number of hydrogen-bond donors (Lipinski definition) is 0. The molecule has 3 aromatic rings. The maximum atomic E-state index is 13.8. The second-order valence-corrected chi connectivity index (χ2v) is 14.2. The first-order valence-electron chi connectivity index (χ1n) is 16.1. The number of sulfonamides is 1. The van der Waals surface area contributed by atoms with Crippen LogP contribution < -0.4 is 9.64 Å². The fourth-order valence-corrected chi connectivity index (χ4v) is 7.91. The molecule has 250 valence electrons. The number of anilines is 1. The summed E-state index contributed by atoms with van der Waals surface area (Å²) >= 11 is 0. The van der Waals surface area contributed by atoms with E-state index in [1.165, 1.54) is 0 Å². The van der Waals surface area contributed by atoms with E-state index in [0.29, 0.717) is 51.1 Å². The van der Waals surface area contributed by atoms with Crippen LogP contribution in [0.1, 0.15) is 41.5 Å². The van der Waals surface area contributed by atoms with Crippen molar-refractivity contribution in [1.29, 1.82) is 0 Å². The summed E-state index contributed by atoms with van der Waals surface area (Å²) in [5, 5.41) is 0. The number of nitrogens with zero attached hydrogens (tertiary/aromatic N) is 2. The Hall–Kier alpha value is -2.99. The fraction of sp³-hybridized carbons (Fsp3) is 0.500. The molecule has 3 aromatic carbocycles. The third kappa shape index (κ3) is 8.48. The minimum atomic E-state index is -3.69. The summed E-state index contributed by atoms with van der Waals surface area (Å²) in [6.45, 7) is 9.79. The summed E-state index contributed by atoms with van der Waals surface area (Å²) in [4.78, 5) is 2.65. The summed E-state index contributed by atoms with van der Waals surface area (Å²) in [6.07, 6.45) is 0.583.